The molecule has 1 atom stereocenters. The lowest BCUT2D eigenvalue weighted by Gasteiger charge is -2.18. The Kier molecular flexibility index (Phi) is 7.08. The molecule has 4 aromatic carbocycles. The van der Waals surface area contributed by atoms with Crippen LogP contribution in [0.4, 0.5) is 5.69 Å². The van der Waals surface area contributed by atoms with Crippen molar-refractivity contribution in [2.75, 3.05) is 5.32 Å². The number of rotatable bonds is 6. The summed E-state index contributed by atoms with van der Waals surface area (Å²) in [6, 6.07) is 30.4. The van der Waals surface area contributed by atoms with Crippen LogP contribution in [0.5, 0.6) is 0 Å². The van der Waals surface area contributed by atoms with Gasteiger partial charge in [-0.25, -0.2) is 4.79 Å². The number of benzene rings is 4. The number of amides is 1. The van der Waals surface area contributed by atoms with Gasteiger partial charge in [0.05, 0.1) is 5.56 Å². The maximum atomic E-state index is 13.1. The molecule has 33 heavy (non-hydrogen) atoms. The first-order valence-electron chi connectivity index (χ1n) is 10.2. The van der Waals surface area contributed by atoms with Crippen LogP contribution in [0.3, 0.4) is 0 Å². The molecule has 0 aliphatic rings. The van der Waals surface area contributed by atoms with Crippen LogP contribution in [-0.4, -0.2) is 11.9 Å². The first kappa shape index (κ1) is 22.6. The highest BCUT2D eigenvalue weighted by molar-refractivity contribution is 6.35. The average Bonchev–Trinajstić information content (AvgIpc) is 2.83. The Morgan fingerprint density at radius 2 is 1.24 bits per heavy atom. The Balaban J connectivity index is 1.55. The molecule has 0 bridgehead atoms. The molecule has 4 nitrogen and oxygen atoms in total. The number of hydrogen-bond donors (Lipinski definition) is 1. The molecule has 164 valence electrons. The molecular weight excluding hydrogens is 457 g/mol. The number of carbonyl (C=O) groups is 2. The standard InChI is InChI=1S/C27H19Cl2NO3/c28-22-15-23(29)17-24(16-22)30-26(31)25(20-9-5-2-6-10-20)33-27(32)21-13-11-19(12-14-21)18-7-3-1-4-8-18/h1-17,25H,(H,30,31). The van der Waals surface area contributed by atoms with Crippen molar-refractivity contribution in [3.8, 4) is 11.1 Å². The van der Waals surface area contributed by atoms with Gasteiger partial charge in [-0.05, 0) is 41.5 Å². The maximum Gasteiger partial charge on any atom is 0.339 e. The van der Waals surface area contributed by atoms with E-state index in [0.717, 1.165) is 11.1 Å². The molecule has 0 aliphatic carbocycles. The molecule has 1 N–H and O–H groups in total. The summed E-state index contributed by atoms with van der Waals surface area (Å²) in [5.41, 5.74) is 3.30. The molecule has 0 aromatic heterocycles. The second-order valence-corrected chi connectivity index (χ2v) is 8.16. The van der Waals surface area contributed by atoms with Gasteiger partial charge in [-0.2, -0.15) is 0 Å². The van der Waals surface area contributed by atoms with E-state index < -0.39 is 18.0 Å². The van der Waals surface area contributed by atoms with Crippen LogP contribution < -0.4 is 5.32 Å². The van der Waals surface area contributed by atoms with E-state index in [4.69, 9.17) is 27.9 Å². The van der Waals surface area contributed by atoms with Crippen molar-refractivity contribution >= 4 is 40.8 Å². The molecule has 0 spiro atoms. The van der Waals surface area contributed by atoms with Gasteiger partial charge in [0.15, 0.2) is 0 Å². The third kappa shape index (κ3) is 5.80. The van der Waals surface area contributed by atoms with Gasteiger partial charge in [-0.1, -0.05) is 96.0 Å². The molecule has 4 aromatic rings. The van der Waals surface area contributed by atoms with Crippen molar-refractivity contribution in [1.29, 1.82) is 0 Å². The van der Waals surface area contributed by atoms with Crippen LogP contribution in [0.2, 0.25) is 10.0 Å². The van der Waals surface area contributed by atoms with E-state index >= 15 is 0 Å². The van der Waals surface area contributed by atoms with Gasteiger partial charge in [0.2, 0.25) is 6.10 Å². The van der Waals surface area contributed by atoms with Crippen molar-refractivity contribution in [2.24, 2.45) is 0 Å². The normalized spacial score (nSPS) is 11.5. The molecule has 0 fully saturated rings. The summed E-state index contributed by atoms with van der Waals surface area (Å²) in [5, 5.41) is 3.48. The van der Waals surface area contributed by atoms with E-state index in [0.29, 0.717) is 26.9 Å². The van der Waals surface area contributed by atoms with Gasteiger partial charge in [0.25, 0.3) is 5.91 Å². The summed E-state index contributed by atoms with van der Waals surface area (Å²) in [5.74, 6) is -1.13. The summed E-state index contributed by atoms with van der Waals surface area (Å²) >= 11 is 12.1. The fourth-order valence-corrected chi connectivity index (χ4v) is 3.87. The predicted octanol–water partition coefficient (Wildman–Crippen LogP) is 7.20. The average molecular weight is 476 g/mol. The number of nitrogens with one attached hydrogen (secondary N) is 1. The minimum atomic E-state index is -1.16. The number of esters is 1. The van der Waals surface area contributed by atoms with Gasteiger partial charge < -0.3 is 10.1 Å². The Morgan fingerprint density at radius 1 is 0.697 bits per heavy atom. The number of anilines is 1. The first-order valence-corrected chi connectivity index (χ1v) is 10.9. The Labute approximate surface area is 201 Å². The molecule has 4 rings (SSSR count). The van der Waals surface area contributed by atoms with Gasteiger partial charge in [-0.15, -0.1) is 0 Å². The van der Waals surface area contributed by atoms with E-state index in [1.807, 2.05) is 48.5 Å². The zero-order chi connectivity index (χ0) is 23.2. The third-order valence-corrected chi connectivity index (χ3v) is 5.36. The van der Waals surface area contributed by atoms with Crippen LogP contribution in [0.25, 0.3) is 11.1 Å². The fraction of sp³-hybridized carbons (Fsp3) is 0.0370. The molecule has 0 heterocycles. The summed E-state index contributed by atoms with van der Waals surface area (Å²) in [6.45, 7) is 0. The van der Waals surface area contributed by atoms with E-state index in [-0.39, 0.29) is 0 Å². The van der Waals surface area contributed by atoms with Gasteiger partial charge in [0.1, 0.15) is 0 Å². The number of hydrogen-bond acceptors (Lipinski definition) is 3. The van der Waals surface area contributed by atoms with E-state index in [1.165, 1.54) is 0 Å². The molecular formula is C27H19Cl2NO3. The lowest BCUT2D eigenvalue weighted by atomic mass is 10.0. The molecule has 1 unspecified atom stereocenters. The molecule has 1 amide bonds. The summed E-state index contributed by atoms with van der Waals surface area (Å²) in [7, 11) is 0. The number of ether oxygens (including phenoxy) is 1. The first-order chi connectivity index (χ1) is 16.0. The summed E-state index contributed by atoms with van der Waals surface area (Å²) < 4.78 is 5.65. The highest BCUT2D eigenvalue weighted by Crippen LogP contribution is 2.26. The minimum Gasteiger partial charge on any atom is -0.444 e. The molecule has 0 saturated heterocycles. The van der Waals surface area contributed by atoms with Gasteiger partial charge >= 0.3 is 5.97 Å². The van der Waals surface area contributed by atoms with Crippen molar-refractivity contribution in [1.82, 2.24) is 0 Å². The highest BCUT2D eigenvalue weighted by Gasteiger charge is 2.26. The van der Waals surface area contributed by atoms with E-state index in [1.54, 1.807) is 54.6 Å². The Bertz CT molecular complexity index is 1240. The van der Waals surface area contributed by atoms with Gasteiger partial charge in [0, 0.05) is 21.3 Å². The lowest BCUT2D eigenvalue weighted by molar-refractivity contribution is -0.125. The Morgan fingerprint density at radius 3 is 1.85 bits per heavy atom. The Hall–Kier alpha value is -3.60. The van der Waals surface area contributed by atoms with Crippen molar-refractivity contribution in [3.63, 3.8) is 0 Å². The van der Waals surface area contributed by atoms with Gasteiger partial charge in [-0.3, -0.25) is 4.79 Å². The predicted molar refractivity (Wildman–Crippen MR) is 132 cm³/mol. The largest absolute Gasteiger partial charge is 0.444 e. The quantitative estimate of drug-likeness (QED) is 0.300. The highest BCUT2D eigenvalue weighted by atomic mass is 35.5. The van der Waals surface area contributed by atoms with Crippen LogP contribution in [-0.2, 0) is 9.53 Å². The SMILES string of the molecule is O=C(OC(C(=O)Nc1cc(Cl)cc(Cl)c1)c1ccccc1)c1ccc(-c2ccccc2)cc1. The molecule has 0 saturated carbocycles. The van der Waals surface area contributed by atoms with Crippen LogP contribution in [0.1, 0.15) is 22.0 Å². The van der Waals surface area contributed by atoms with Crippen LogP contribution in [0.15, 0.2) is 103 Å². The van der Waals surface area contributed by atoms with Crippen molar-refractivity contribution in [2.45, 2.75) is 6.10 Å². The fourth-order valence-electron chi connectivity index (χ4n) is 3.34. The van der Waals surface area contributed by atoms with E-state index in [2.05, 4.69) is 5.32 Å². The second kappa shape index (κ2) is 10.3. The number of halogens is 2. The third-order valence-electron chi connectivity index (χ3n) is 4.92. The zero-order valence-electron chi connectivity index (χ0n) is 17.4. The van der Waals surface area contributed by atoms with E-state index in [9.17, 15) is 9.59 Å². The molecule has 6 heteroatoms. The van der Waals surface area contributed by atoms with Crippen LogP contribution in [0, 0.1) is 0 Å². The lowest BCUT2D eigenvalue weighted by Crippen LogP contribution is -2.26. The van der Waals surface area contributed by atoms with Crippen molar-refractivity contribution < 1.29 is 14.3 Å². The molecule has 0 aliphatic heterocycles. The molecule has 0 radical (unpaired) electrons. The zero-order valence-corrected chi connectivity index (χ0v) is 18.9. The second-order valence-electron chi connectivity index (χ2n) is 7.29. The summed E-state index contributed by atoms with van der Waals surface area (Å²) in [4.78, 5) is 26.0. The monoisotopic (exact) mass is 475 g/mol. The maximum absolute atomic E-state index is 13.1. The van der Waals surface area contributed by atoms with Crippen molar-refractivity contribution in [3.05, 3.63) is 124 Å². The topological polar surface area (TPSA) is 55.4 Å². The smallest absolute Gasteiger partial charge is 0.339 e. The minimum absolute atomic E-state index is 0.342. The number of carbonyl (C=O) groups excluding carboxylic acids is 2. The van der Waals surface area contributed by atoms with Crippen LogP contribution >= 0.6 is 23.2 Å². The summed E-state index contributed by atoms with van der Waals surface area (Å²) in [6.07, 6.45) is -1.16.